The van der Waals surface area contributed by atoms with Crippen molar-refractivity contribution in [2.24, 2.45) is 0 Å². The first-order valence-corrected chi connectivity index (χ1v) is 7.61. The SMILES string of the molecule is O=C(Cn1nnc(-c2ccccc2)n1)N(Cc1ccco1)CC(F)(F)F. The second-order valence-corrected chi connectivity index (χ2v) is 5.45. The van der Waals surface area contributed by atoms with Gasteiger partial charge in [0.1, 0.15) is 18.8 Å². The Balaban J connectivity index is 1.72. The first kappa shape index (κ1) is 17.6. The lowest BCUT2D eigenvalue weighted by Crippen LogP contribution is -2.40. The molecule has 1 aromatic carbocycles. The molecule has 136 valence electrons. The minimum atomic E-state index is -4.53. The van der Waals surface area contributed by atoms with Crippen LogP contribution in [0.15, 0.2) is 53.1 Å². The van der Waals surface area contributed by atoms with Crippen LogP contribution in [-0.2, 0) is 17.9 Å². The van der Waals surface area contributed by atoms with E-state index in [0.29, 0.717) is 10.5 Å². The third kappa shape index (κ3) is 4.68. The van der Waals surface area contributed by atoms with E-state index in [4.69, 9.17) is 4.42 Å². The maximum atomic E-state index is 12.8. The minimum absolute atomic E-state index is 0.249. The fourth-order valence-electron chi connectivity index (χ4n) is 2.27. The molecule has 0 aliphatic heterocycles. The molecule has 2 heterocycles. The summed E-state index contributed by atoms with van der Waals surface area (Å²) in [6.07, 6.45) is -3.20. The smallest absolute Gasteiger partial charge is 0.406 e. The summed E-state index contributed by atoms with van der Waals surface area (Å²) in [6.45, 7) is -2.16. The maximum Gasteiger partial charge on any atom is 0.406 e. The van der Waals surface area contributed by atoms with Crippen LogP contribution in [0.5, 0.6) is 0 Å². The number of furan rings is 1. The van der Waals surface area contributed by atoms with Crippen molar-refractivity contribution < 1.29 is 22.4 Å². The molecule has 7 nitrogen and oxygen atoms in total. The molecular formula is C16H14F3N5O2. The lowest BCUT2D eigenvalue weighted by molar-refractivity contribution is -0.163. The van der Waals surface area contributed by atoms with E-state index in [9.17, 15) is 18.0 Å². The number of halogens is 3. The van der Waals surface area contributed by atoms with Crippen LogP contribution in [0, 0.1) is 0 Å². The van der Waals surface area contributed by atoms with E-state index in [1.54, 1.807) is 24.3 Å². The van der Waals surface area contributed by atoms with Crippen LogP contribution in [0.25, 0.3) is 11.4 Å². The van der Waals surface area contributed by atoms with Gasteiger partial charge in [-0.3, -0.25) is 4.79 Å². The third-order valence-corrected chi connectivity index (χ3v) is 3.41. The number of amides is 1. The Morgan fingerprint density at radius 2 is 1.92 bits per heavy atom. The van der Waals surface area contributed by atoms with Crippen LogP contribution in [0.4, 0.5) is 13.2 Å². The fraction of sp³-hybridized carbons (Fsp3) is 0.250. The highest BCUT2D eigenvalue weighted by Gasteiger charge is 2.33. The van der Waals surface area contributed by atoms with Crippen LogP contribution in [0.2, 0.25) is 0 Å². The van der Waals surface area contributed by atoms with Crippen molar-refractivity contribution in [1.29, 1.82) is 0 Å². The van der Waals surface area contributed by atoms with E-state index in [0.717, 1.165) is 4.80 Å². The molecule has 1 amide bonds. The Kier molecular flexibility index (Phi) is 5.01. The number of hydrogen-bond acceptors (Lipinski definition) is 5. The summed E-state index contributed by atoms with van der Waals surface area (Å²) < 4.78 is 43.4. The van der Waals surface area contributed by atoms with E-state index >= 15 is 0 Å². The Hall–Kier alpha value is -3.17. The lowest BCUT2D eigenvalue weighted by Gasteiger charge is -2.22. The highest BCUT2D eigenvalue weighted by atomic mass is 19.4. The van der Waals surface area contributed by atoms with Gasteiger partial charge in [0.25, 0.3) is 0 Å². The van der Waals surface area contributed by atoms with Gasteiger partial charge in [0, 0.05) is 5.56 Å². The second kappa shape index (κ2) is 7.38. The number of alkyl halides is 3. The van der Waals surface area contributed by atoms with Gasteiger partial charge >= 0.3 is 6.18 Å². The summed E-state index contributed by atoms with van der Waals surface area (Å²) in [4.78, 5) is 13.9. The van der Waals surface area contributed by atoms with Gasteiger partial charge in [-0.1, -0.05) is 30.3 Å². The molecule has 0 fully saturated rings. The summed E-state index contributed by atoms with van der Waals surface area (Å²) in [5, 5.41) is 11.6. The van der Waals surface area contributed by atoms with E-state index in [1.165, 1.54) is 18.4 Å². The number of tetrazole rings is 1. The molecule has 0 saturated carbocycles. The normalized spacial score (nSPS) is 11.5. The number of aromatic nitrogens is 4. The largest absolute Gasteiger partial charge is 0.467 e. The molecule has 26 heavy (non-hydrogen) atoms. The van der Waals surface area contributed by atoms with E-state index in [2.05, 4.69) is 15.4 Å². The van der Waals surface area contributed by atoms with Crippen LogP contribution >= 0.6 is 0 Å². The van der Waals surface area contributed by atoms with Gasteiger partial charge in [-0.15, -0.1) is 10.2 Å². The number of rotatable bonds is 6. The van der Waals surface area contributed by atoms with Gasteiger partial charge in [0.15, 0.2) is 0 Å². The molecule has 10 heteroatoms. The molecule has 0 saturated heterocycles. The molecule has 2 aromatic heterocycles. The first-order chi connectivity index (χ1) is 12.4. The van der Waals surface area contributed by atoms with Gasteiger partial charge in [0.05, 0.1) is 12.8 Å². The van der Waals surface area contributed by atoms with E-state index in [1.807, 2.05) is 6.07 Å². The van der Waals surface area contributed by atoms with Crippen molar-refractivity contribution in [2.75, 3.05) is 6.54 Å². The van der Waals surface area contributed by atoms with Gasteiger partial charge in [0.2, 0.25) is 11.7 Å². The summed E-state index contributed by atoms with van der Waals surface area (Å²) in [7, 11) is 0. The molecule has 3 rings (SSSR count). The lowest BCUT2D eigenvalue weighted by atomic mass is 10.2. The first-order valence-electron chi connectivity index (χ1n) is 7.61. The zero-order chi connectivity index (χ0) is 18.6. The van der Waals surface area contributed by atoms with Crippen molar-refractivity contribution in [3.8, 4) is 11.4 Å². The van der Waals surface area contributed by atoms with Gasteiger partial charge in [-0.2, -0.15) is 18.0 Å². The van der Waals surface area contributed by atoms with Crippen molar-refractivity contribution in [2.45, 2.75) is 19.3 Å². The number of carbonyl (C=O) groups is 1. The van der Waals surface area contributed by atoms with Crippen molar-refractivity contribution >= 4 is 5.91 Å². The van der Waals surface area contributed by atoms with Crippen LogP contribution in [-0.4, -0.2) is 43.7 Å². The second-order valence-electron chi connectivity index (χ2n) is 5.45. The Bertz CT molecular complexity index is 846. The summed E-state index contributed by atoms with van der Waals surface area (Å²) >= 11 is 0. The Labute approximate surface area is 146 Å². The average molecular weight is 365 g/mol. The molecule has 0 aliphatic rings. The predicted octanol–water partition coefficient (Wildman–Crippen LogP) is 2.52. The number of carbonyl (C=O) groups excluding carboxylic acids is 1. The van der Waals surface area contributed by atoms with Gasteiger partial charge < -0.3 is 9.32 Å². The van der Waals surface area contributed by atoms with E-state index in [-0.39, 0.29) is 18.1 Å². The van der Waals surface area contributed by atoms with Crippen molar-refractivity contribution in [3.63, 3.8) is 0 Å². The standard InChI is InChI=1S/C16H14F3N5O2/c17-16(18,19)11-23(9-13-7-4-8-26-13)14(25)10-24-21-15(20-22-24)12-5-2-1-3-6-12/h1-8H,9-11H2. The van der Waals surface area contributed by atoms with Gasteiger partial charge in [-0.25, -0.2) is 0 Å². The Morgan fingerprint density at radius 1 is 1.15 bits per heavy atom. The average Bonchev–Trinajstić information content (AvgIpc) is 3.26. The zero-order valence-electron chi connectivity index (χ0n) is 13.4. The summed E-state index contributed by atoms with van der Waals surface area (Å²) in [6, 6.07) is 12.0. The maximum absolute atomic E-state index is 12.8. The molecule has 0 atom stereocenters. The van der Waals surface area contributed by atoms with Gasteiger partial charge in [-0.05, 0) is 17.3 Å². The van der Waals surface area contributed by atoms with Crippen LogP contribution in [0.1, 0.15) is 5.76 Å². The topological polar surface area (TPSA) is 77.1 Å². The van der Waals surface area contributed by atoms with Crippen LogP contribution in [0.3, 0.4) is 0 Å². The van der Waals surface area contributed by atoms with Crippen molar-refractivity contribution in [1.82, 2.24) is 25.1 Å². The van der Waals surface area contributed by atoms with Crippen LogP contribution < -0.4 is 0 Å². The summed E-state index contributed by atoms with van der Waals surface area (Å²) in [5.74, 6) is -0.262. The molecular weight excluding hydrogens is 351 g/mol. The molecule has 0 unspecified atom stereocenters. The molecule has 3 aromatic rings. The zero-order valence-corrected chi connectivity index (χ0v) is 13.4. The monoisotopic (exact) mass is 365 g/mol. The van der Waals surface area contributed by atoms with E-state index < -0.39 is 25.2 Å². The predicted molar refractivity (Wildman–Crippen MR) is 83.4 cm³/mol. The molecule has 0 spiro atoms. The highest BCUT2D eigenvalue weighted by molar-refractivity contribution is 5.75. The highest BCUT2D eigenvalue weighted by Crippen LogP contribution is 2.19. The summed E-state index contributed by atoms with van der Waals surface area (Å²) in [5.41, 5.74) is 0.689. The molecule has 0 aliphatic carbocycles. The number of nitrogens with zero attached hydrogens (tertiary/aromatic N) is 5. The fourth-order valence-corrected chi connectivity index (χ4v) is 2.27. The molecule has 0 radical (unpaired) electrons. The minimum Gasteiger partial charge on any atom is -0.467 e. The molecule has 0 N–H and O–H groups in total. The number of benzene rings is 1. The quantitative estimate of drug-likeness (QED) is 0.671. The molecule has 0 bridgehead atoms. The van der Waals surface area contributed by atoms with Crippen molar-refractivity contribution in [3.05, 3.63) is 54.5 Å². The number of hydrogen-bond donors (Lipinski definition) is 0. The third-order valence-electron chi connectivity index (χ3n) is 3.41. The Morgan fingerprint density at radius 3 is 2.58 bits per heavy atom.